The molecular formula is C12H16BrNO2. The first-order valence-electron chi connectivity index (χ1n) is 5.37. The molecule has 1 aliphatic heterocycles. The molecule has 1 saturated heterocycles. The zero-order valence-electron chi connectivity index (χ0n) is 9.79. The fourth-order valence-electron chi connectivity index (χ4n) is 1.68. The van der Waals surface area contributed by atoms with Crippen LogP contribution in [0.25, 0.3) is 0 Å². The summed E-state index contributed by atoms with van der Waals surface area (Å²) in [4.78, 5) is 4.49. The predicted molar refractivity (Wildman–Crippen MR) is 65.3 cm³/mol. The van der Waals surface area contributed by atoms with E-state index in [0.717, 1.165) is 15.7 Å². The van der Waals surface area contributed by atoms with Crippen LogP contribution in [0.3, 0.4) is 0 Å². The summed E-state index contributed by atoms with van der Waals surface area (Å²) in [5.74, 6) is 0. The van der Waals surface area contributed by atoms with Gasteiger partial charge >= 0.3 is 0 Å². The van der Waals surface area contributed by atoms with E-state index in [1.165, 1.54) is 0 Å². The van der Waals surface area contributed by atoms with Gasteiger partial charge in [-0.15, -0.1) is 0 Å². The van der Waals surface area contributed by atoms with E-state index in [1.54, 1.807) is 0 Å². The lowest BCUT2D eigenvalue weighted by Crippen LogP contribution is -2.15. The number of hydrogen-bond acceptors (Lipinski definition) is 3. The van der Waals surface area contributed by atoms with Crippen molar-refractivity contribution in [2.24, 2.45) is 0 Å². The first-order chi connectivity index (χ1) is 7.48. The second-order valence-electron chi connectivity index (χ2n) is 4.92. The second kappa shape index (κ2) is 4.43. The van der Waals surface area contributed by atoms with Crippen molar-refractivity contribution < 1.29 is 9.47 Å². The van der Waals surface area contributed by atoms with Crippen LogP contribution in [0.1, 0.15) is 38.3 Å². The van der Waals surface area contributed by atoms with E-state index in [-0.39, 0.29) is 11.7 Å². The Balaban J connectivity index is 2.29. The van der Waals surface area contributed by atoms with Crippen LogP contribution in [-0.4, -0.2) is 18.2 Å². The number of pyridine rings is 1. The average molecular weight is 286 g/mol. The van der Waals surface area contributed by atoms with Crippen LogP contribution in [0.4, 0.5) is 0 Å². The lowest BCUT2D eigenvalue weighted by Gasteiger charge is -2.20. The van der Waals surface area contributed by atoms with Crippen molar-refractivity contribution in [2.45, 2.75) is 32.5 Å². The molecule has 0 aromatic carbocycles. The maximum absolute atomic E-state index is 5.44. The molecule has 0 amide bonds. The average Bonchev–Trinajstić information content (AvgIpc) is 2.68. The van der Waals surface area contributed by atoms with Gasteiger partial charge in [0.2, 0.25) is 0 Å². The van der Waals surface area contributed by atoms with Crippen molar-refractivity contribution in [2.75, 3.05) is 13.2 Å². The van der Waals surface area contributed by atoms with Gasteiger partial charge in [0, 0.05) is 21.6 Å². The molecule has 0 radical (unpaired) electrons. The number of rotatable bonds is 1. The maximum atomic E-state index is 5.44. The van der Waals surface area contributed by atoms with Gasteiger partial charge in [-0.1, -0.05) is 20.8 Å². The third-order valence-corrected chi connectivity index (χ3v) is 3.07. The molecule has 0 aliphatic carbocycles. The van der Waals surface area contributed by atoms with Gasteiger partial charge in [-0.05, 0) is 22.0 Å². The standard InChI is InChI=1S/C12H16BrNO2/c1-12(2,3)10-9(13)6-8(7-14-10)11-15-4-5-16-11/h6-7,11H,4-5H2,1-3H3. The Morgan fingerprint density at radius 3 is 2.44 bits per heavy atom. The fraction of sp³-hybridized carbons (Fsp3) is 0.583. The van der Waals surface area contributed by atoms with Crippen LogP contribution in [0, 0.1) is 0 Å². The van der Waals surface area contributed by atoms with Gasteiger partial charge in [0.05, 0.1) is 18.9 Å². The summed E-state index contributed by atoms with van der Waals surface area (Å²) in [6, 6.07) is 2.03. The van der Waals surface area contributed by atoms with Gasteiger partial charge in [0.25, 0.3) is 0 Å². The second-order valence-corrected chi connectivity index (χ2v) is 5.78. The van der Waals surface area contributed by atoms with Gasteiger partial charge in [-0.2, -0.15) is 0 Å². The first-order valence-corrected chi connectivity index (χ1v) is 6.17. The van der Waals surface area contributed by atoms with Crippen LogP contribution < -0.4 is 0 Å². The summed E-state index contributed by atoms with van der Waals surface area (Å²) in [6.07, 6.45) is 1.58. The van der Waals surface area contributed by atoms with Gasteiger partial charge in [0.15, 0.2) is 6.29 Å². The largest absolute Gasteiger partial charge is 0.346 e. The van der Waals surface area contributed by atoms with Crippen LogP contribution in [-0.2, 0) is 14.9 Å². The minimum absolute atomic E-state index is 0.0365. The number of hydrogen-bond donors (Lipinski definition) is 0. The van der Waals surface area contributed by atoms with Crippen LogP contribution >= 0.6 is 15.9 Å². The third-order valence-electron chi connectivity index (χ3n) is 2.47. The summed E-state index contributed by atoms with van der Waals surface area (Å²) in [6.45, 7) is 7.74. The molecule has 0 bridgehead atoms. The molecule has 3 nitrogen and oxygen atoms in total. The van der Waals surface area contributed by atoms with E-state index in [4.69, 9.17) is 9.47 Å². The van der Waals surface area contributed by atoms with Crippen LogP contribution in [0.2, 0.25) is 0 Å². The Morgan fingerprint density at radius 1 is 1.31 bits per heavy atom. The van der Waals surface area contributed by atoms with Crippen molar-refractivity contribution in [1.82, 2.24) is 4.98 Å². The van der Waals surface area contributed by atoms with Gasteiger partial charge in [0.1, 0.15) is 0 Å². The van der Waals surface area contributed by atoms with E-state index >= 15 is 0 Å². The summed E-state index contributed by atoms with van der Waals surface area (Å²) in [5.41, 5.74) is 2.06. The van der Waals surface area contributed by atoms with Crippen molar-refractivity contribution in [3.63, 3.8) is 0 Å². The maximum Gasteiger partial charge on any atom is 0.185 e. The molecule has 0 spiro atoms. The molecule has 0 saturated carbocycles. The Bertz CT molecular complexity index is 381. The summed E-state index contributed by atoms with van der Waals surface area (Å²) < 4.78 is 11.9. The van der Waals surface area contributed by atoms with Crippen LogP contribution in [0.15, 0.2) is 16.7 Å². The normalized spacial score (nSPS) is 18.0. The molecule has 0 unspecified atom stereocenters. The monoisotopic (exact) mass is 285 g/mol. The smallest absolute Gasteiger partial charge is 0.185 e. The summed E-state index contributed by atoms with van der Waals surface area (Å²) >= 11 is 3.56. The molecule has 0 N–H and O–H groups in total. The minimum Gasteiger partial charge on any atom is -0.346 e. The third kappa shape index (κ3) is 2.44. The molecule has 2 heterocycles. The zero-order valence-corrected chi connectivity index (χ0v) is 11.4. The first kappa shape index (κ1) is 12.0. The minimum atomic E-state index is -0.252. The highest BCUT2D eigenvalue weighted by Crippen LogP contribution is 2.31. The highest BCUT2D eigenvalue weighted by molar-refractivity contribution is 9.10. The quantitative estimate of drug-likeness (QED) is 0.794. The van der Waals surface area contributed by atoms with Crippen LogP contribution in [0.5, 0.6) is 0 Å². The highest BCUT2D eigenvalue weighted by Gasteiger charge is 2.23. The van der Waals surface area contributed by atoms with Crippen molar-refractivity contribution in [1.29, 1.82) is 0 Å². The van der Waals surface area contributed by atoms with E-state index < -0.39 is 0 Å². The summed E-state index contributed by atoms with van der Waals surface area (Å²) in [7, 11) is 0. The van der Waals surface area contributed by atoms with Crippen molar-refractivity contribution >= 4 is 15.9 Å². The van der Waals surface area contributed by atoms with E-state index in [0.29, 0.717) is 13.2 Å². The molecule has 4 heteroatoms. The molecule has 0 atom stereocenters. The van der Waals surface area contributed by atoms with Gasteiger partial charge in [-0.3, -0.25) is 4.98 Å². The lowest BCUT2D eigenvalue weighted by molar-refractivity contribution is -0.0444. The van der Waals surface area contributed by atoms with E-state index in [9.17, 15) is 0 Å². The SMILES string of the molecule is CC(C)(C)c1ncc(C2OCCO2)cc1Br. The van der Waals surface area contributed by atoms with Crippen molar-refractivity contribution in [3.8, 4) is 0 Å². The van der Waals surface area contributed by atoms with E-state index in [1.807, 2.05) is 12.3 Å². The molecule has 1 fully saturated rings. The predicted octanol–water partition coefficient (Wildman–Crippen LogP) is 3.19. The lowest BCUT2D eigenvalue weighted by atomic mass is 9.91. The molecule has 1 aromatic rings. The van der Waals surface area contributed by atoms with Crippen molar-refractivity contribution in [3.05, 3.63) is 28.0 Å². The Hall–Kier alpha value is -0.450. The molecular weight excluding hydrogens is 270 g/mol. The number of ether oxygens (including phenoxy) is 2. The highest BCUT2D eigenvalue weighted by atomic mass is 79.9. The molecule has 1 aliphatic rings. The number of nitrogens with zero attached hydrogens (tertiary/aromatic N) is 1. The van der Waals surface area contributed by atoms with Gasteiger partial charge in [-0.25, -0.2) is 0 Å². The number of aromatic nitrogens is 1. The molecule has 2 rings (SSSR count). The number of halogens is 1. The van der Waals surface area contributed by atoms with E-state index in [2.05, 4.69) is 41.7 Å². The molecule has 1 aromatic heterocycles. The summed E-state index contributed by atoms with van der Waals surface area (Å²) in [5, 5.41) is 0. The fourth-order valence-corrected chi connectivity index (χ4v) is 2.65. The topological polar surface area (TPSA) is 31.4 Å². The molecule has 88 valence electrons. The van der Waals surface area contributed by atoms with Gasteiger partial charge < -0.3 is 9.47 Å². The Labute approximate surface area is 104 Å². The molecule has 16 heavy (non-hydrogen) atoms. The zero-order chi connectivity index (χ0) is 11.8. The Morgan fingerprint density at radius 2 is 1.94 bits per heavy atom. The Kier molecular flexibility index (Phi) is 3.33.